The van der Waals surface area contributed by atoms with Gasteiger partial charge in [-0.2, -0.15) is 0 Å². The summed E-state index contributed by atoms with van der Waals surface area (Å²) in [5.74, 6) is 0.560. The van der Waals surface area contributed by atoms with Gasteiger partial charge < -0.3 is 15.2 Å². The lowest BCUT2D eigenvalue weighted by Crippen LogP contribution is -2.22. The zero-order chi connectivity index (χ0) is 12.7. The number of nitrogens with one attached hydrogen (secondary N) is 1. The molecule has 0 fully saturated rings. The van der Waals surface area contributed by atoms with Crippen LogP contribution >= 0.6 is 27.3 Å². The molecule has 0 saturated carbocycles. The second-order valence-corrected chi connectivity index (χ2v) is 5.92. The average molecular weight is 322 g/mol. The van der Waals surface area contributed by atoms with Crippen LogP contribution in [0.5, 0.6) is 5.06 Å². The minimum atomic E-state index is 0.276. The predicted octanol–water partition coefficient (Wildman–Crippen LogP) is 3.02. The third-order valence-corrected chi connectivity index (χ3v) is 4.69. The molecular weight excluding hydrogens is 302 g/mol. The molecule has 0 saturated heterocycles. The molecule has 17 heavy (non-hydrogen) atoms. The molecule has 1 unspecified atom stereocenters. The first-order chi connectivity index (χ1) is 8.21. The maximum atomic E-state index is 8.91. The fraction of sp³-hybridized carbons (Fsp3) is 0.667. The first kappa shape index (κ1) is 15.0. The highest BCUT2D eigenvalue weighted by Gasteiger charge is 2.08. The van der Waals surface area contributed by atoms with Crippen molar-refractivity contribution in [1.82, 2.24) is 5.32 Å². The van der Waals surface area contributed by atoms with Crippen molar-refractivity contribution in [2.75, 3.05) is 20.3 Å². The van der Waals surface area contributed by atoms with Crippen LogP contribution in [-0.2, 0) is 6.54 Å². The zero-order valence-corrected chi connectivity index (χ0v) is 12.7. The molecule has 98 valence electrons. The number of hydrogen-bond donors (Lipinski definition) is 2. The lowest BCUT2D eigenvalue weighted by molar-refractivity contribution is 0.251. The second kappa shape index (κ2) is 8.08. The Labute approximate surface area is 115 Å². The molecule has 5 heteroatoms. The van der Waals surface area contributed by atoms with Gasteiger partial charge in [0.1, 0.15) is 0 Å². The number of thiophene rings is 1. The number of methoxy groups -OCH3 is 1. The van der Waals surface area contributed by atoms with E-state index in [0.717, 1.165) is 35.5 Å². The molecule has 0 aliphatic rings. The van der Waals surface area contributed by atoms with Crippen molar-refractivity contribution in [3.63, 3.8) is 0 Å². The Bertz CT molecular complexity index is 330. The van der Waals surface area contributed by atoms with Crippen LogP contribution in [0.3, 0.4) is 0 Å². The second-order valence-electron chi connectivity index (χ2n) is 3.97. The fourth-order valence-corrected chi connectivity index (χ4v) is 3.32. The summed E-state index contributed by atoms with van der Waals surface area (Å²) in [5, 5.41) is 13.3. The molecule has 1 aromatic heterocycles. The number of ether oxygens (including phenoxy) is 1. The molecule has 0 radical (unpaired) electrons. The van der Waals surface area contributed by atoms with Gasteiger partial charge >= 0.3 is 0 Å². The van der Waals surface area contributed by atoms with Crippen LogP contribution in [0.1, 0.15) is 24.6 Å². The Balaban J connectivity index is 2.34. The third-order valence-electron chi connectivity index (χ3n) is 2.74. The number of hydrogen-bond acceptors (Lipinski definition) is 4. The Morgan fingerprint density at radius 3 is 2.88 bits per heavy atom. The van der Waals surface area contributed by atoms with Crippen LogP contribution in [0.25, 0.3) is 0 Å². The van der Waals surface area contributed by atoms with Crippen molar-refractivity contribution in [1.29, 1.82) is 0 Å². The smallest absolute Gasteiger partial charge is 0.188 e. The van der Waals surface area contributed by atoms with Gasteiger partial charge in [-0.15, -0.1) is 11.3 Å². The van der Waals surface area contributed by atoms with E-state index in [1.807, 2.05) is 0 Å². The predicted molar refractivity (Wildman–Crippen MR) is 75.8 cm³/mol. The van der Waals surface area contributed by atoms with E-state index in [-0.39, 0.29) is 6.61 Å². The summed E-state index contributed by atoms with van der Waals surface area (Å²) in [5.41, 5.74) is 0. The zero-order valence-electron chi connectivity index (χ0n) is 10.3. The highest BCUT2D eigenvalue weighted by atomic mass is 79.9. The maximum Gasteiger partial charge on any atom is 0.188 e. The number of rotatable bonds is 8. The summed E-state index contributed by atoms with van der Waals surface area (Å²) in [6, 6.07) is 2.09. The van der Waals surface area contributed by atoms with Crippen LogP contribution in [0.15, 0.2) is 10.5 Å². The molecule has 1 heterocycles. The SMILES string of the molecule is CCC(CCO)CNCc1cc(Br)c(OC)s1. The first-order valence-corrected chi connectivity index (χ1v) is 7.46. The lowest BCUT2D eigenvalue weighted by atomic mass is 10.0. The summed E-state index contributed by atoms with van der Waals surface area (Å²) >= 11 is 5.11. The van der Waals surface area contributed by atoms with E-state index in [9.17, 15) is 0 Å². The van der Waals surface area contributed by atoms with Crippen molar-refractivity contribution >= 4 is 27.3 Å². The van der Waals surface area contributed by atoms with Gasteiger partial charge in [-0.05, 0) is 40.9 Å². The minimum absolute atomic E-state index is 0.276. The van der Waals surface area contributed by atoms with E-state index < -0.39 is 0 Å². The fourth-order valence-electron chi connectivity index (χ4n) is 1.66. The largest absolute Gasteiger partial charge is 0.486 e. The van der Waals surface area contributed by atoms with E-state index in [2.05, 4.69) is 34.2 Å². The van der Waals surface area contributed by atoms with Gasteiger partial charge in [-0.25, -0.2) is 0 Å². The normalized spacial score (nSPS) is 12.7. The third kappa shape index (κ3) is 4.95. The molecule has 2 N–H and O–H groups in total. The summed E-state index contributed by atoms with van der Waals surface area (Å²) < 4.78 is 6.24. The highest BCUT2D eigenvalue weighted by molar-refractivity contribution is 9.10. The summed E-state index contributed by atoms with van der Waals surface area (Å²) in [4.78, 5) is 1.26. The van der Waals surface area contributed by atoms with Crippen LogP contribution in [0.2, 0.25) is 0 Å². The Kier molecular flexibility index (Phi) is 7.11. The Morgan fingerprint density at radius 1 is 1.59 bits per heavy atom. The van der Waals surface area contributed by atoms with Crippen molar-refractivity contribution < 1.29 is 9.84 Å². The summed E-state index contributed by atoms with van der Waals surface area (Å²) in [6.45, 7) is 4.24. The monoisotopic (exact) mass is 321 g/mol. The quantitative estimate of drug-likeness (QED) is 0.773. The number of halogens is 1. The highest BCUT2D eigenvalue weighted by Crippen LogP contribution is 2.34. The topological polar surface area (TPSA) is 41.5 Å². The van der Waals surface area contributed by atoms with E-state index in [4.69, 9.17) is 9.84 Å². The van der Waals surface area contributed by atoms with Gasteiger partial charge in [0.2, 0.25) is 0 Å². The molecule has 1 atom stereocenters. The average Bonchev–Trinajstić information content (AvgIpc) is 2.68. The van der Waals surface area contributed by atoms with Crippen molar-refractivity contribution in [3.05, 3.63) is 15.4 Å². The Morgan fingerprint density at radius 2 is 2.35 bits per heavy atom. The number of aliphatic hydroxyl groups excluding tert-OH is 1. The lowest BCUT2D eigenvalue weighted by Gasteiger charge is -2.13. The minimum Gasteiger partial charge on any atom is -0.486 e. The molecule has 0 aliphatic heterocycles. The molecule has 0 aliphatic carbocycles. The van der Waals surface area contributed by atoms with Gasteiger partial charge in [0.25, 0.3) is 0 Å². The van der Waals surface area contributed by atoms with Crippen LogP contribution in [0, 0.1) is 5.92 Å². The summed E-state index contributed by atoms with van der Waals surface area (Å²) in [6.07, 6.45) is 1.98. The van der Waals surface area contributed by atoms with E-state index in [1.165, 1.54) is 4.88 Å². The molecule has 0 bridgehead atoms. The molecule has 1 aromatic rings. The maximum absolute atomic E-state index is 8.91. The van der Waals surface area contributed by atoms with Crippen LogP contribution in [0.4, 0.5) is 0 Å². The molecule has 3 nitrogen and oxygen atoms in total. The van der Waals surface area contributed by atoms with E-state index in [0.29, 0.717) is 5.92 Å². The van der Waals surface area contributed by atoms with Gasteiger partial charge in [0.05, 0.1) is 11.6 Å². The van der Waals surface area contributed by atoms with Crippen molar-refractivity contribution in [2.24, 2.45) is 5.92 Å². The van der Waals surface area contributed by atoms with E-state index in [1.54, 1.807) is 18.4 Å². The first-order valence-electron chi connectivity index (χ1n) is 5.85. The standard InChI is InChI=1S/C12H20BrNO2S/c1-3-9(4-5-15)7-14-8-10-6-11(13)12(16-2)17-10/h6,9,14-15H,3-5,7-8H2,1-2H3. The number of aliphatic hydroxyl groups is 1. The van der Waals surface area contributed by atoms with Gasteiger partial charge in [-0.1, -0.05) is 13.3 Å². The van der Waals surface area contributed by atoms with Crippen LogP contribution < -0.4 is 10.1 Å². The molecular formula is C12H20BrNO2S. The van der Waals surface area contributed by atoms with Gasteiger partial charge in [-0.3, -0.25) is 0 Å². The molecule has 0 amide bonds. The van der Waals surface area contributed by atoms with E-state index >= 15 is 0 Å². The Hall–Kier alpha value is -0.100. The molecule has 1 rings (SSSR count). The summed E-state index contributed by atoms with van der Waals surface area (Å²) in [7, 11) is 1.68. The molecule has 0 spiro atoms. The molecule has 0 aromatic carbocycles. The van der Waals surface area contributed by atoms with Crippen molar-refractivity contribution in [2.45, 2.75) is 26.3 Å². The van der Waals surface area contributed by atoms with Crippen LogP contribution in [-0.4, -0.2) is 25.4 Å². The van der Waals surface area contributed by atoms with Gasteiger partial charge in [0, 0.05) is 18.0 Å². The van der Waals surface area contributed by atoms with Crippen molar-refractivity contribution in [3.8, 4) is 5.06 Å². The van der Waals surface area contributed by atoms with Gasteiger partial charge in [0.15, 0.2) is 5.06 Å².